The zero-order valence-corrected chi connectivity index (χ0v) is 19.4. The van der Waals surface area contributed by atoms with Crippen LogP contribution >= 0.6 is 24.0 Å². The van der Waals surface area contributed by atoms with Gasteiger partial charge >= 0.3 is 0 Å². The summed E-state index contributed by atoms with van der Waals surface area (Å²) in [6, 6.07) is 0.627. The van der Waals surface area contributed by atoms with Crippen molar-refractivity contribution in [2.75, 3.05) is 53.5 Å². The van der Waals surface area contributed by atoms with Crippen LogP contribution in [0.4, 0.5) is 0 Å². The molecule has 1 fully saturated rings. The second-order valence-electron chi connectivity index (χ2n) is 7.28. The Bertz CT molecular complexity index is 346. The zero-order valence-electron chi connectivity index (χ0n) is 17.1. The van der Waals surface area contributed by atoms with Crippen LogP contribution in [0.15, 0.2) is 4.99 Å². The normalized spacial score (nSPS) is 16.2. The first-order valence-electron chi connectivity index (χ1n) is 9.82. The van der Waals surface area contributed by atoms with Gasteiger partial charge in [0.05, 0.1) is 0 Å². The minimum absolute atomic E-state index is 0. The summed E-state index contributed by atoms with van der Waals surface area (Å²) in [4.78, 5) is 9.50. The van der Waals surface area contributed by atoms with Crippen LogP contribution in [-0.2, 0) is 4.74 Å². The lowest BCUT2D eigenvalue weighted by Gasteiger charge is -2.27. The van der Waals surface area contributed by atoms with Gasteiger partial charge in [-0.05, 0) is 72.4 Å². The molecule has 25 heavy (non-hydrogen) atoms. The molecule has 0 spiro atoms. The molecule has 0 bridgehead atoms. The van der Waals surface area contributed by atoms with Crippen molar-refractivity contribution in [2.24, 2.45) is 10.9 Å². The molecule has 0 saturated carbocycles. The Morgan fingerprint density at radius 3 is 2.44 bits per heavy atom. The molecule has 0 aliphatic carbocycles. The smallest absolute Gasteiger partial charge is 0.193 e. The molecule has 0 aromatic carbocycles. The van der Waals surface area contributed by atoms with E-state index in [1.807, 2.05) is 0 Å². The van der Waals surface area contributed by atoms with Crippen molar-refractivity contribution in [3.05, 3.63) is 0 Å². The van der Waals surface area contributed by atoms with E-state index in [9.17, 15) is 0 Å². The maximum Gasteiger partial charge on any atom is 0.193 e. The SMILES string of the molecule is CCNC(=NCCCCN(C)C(C)C)N(C)CCC1CCOCC1.I. The number of hydrogen-bond donors (Lipinski definition) is 1. The predicted octanol–water partition coefficient (Wildman–Crippen LogP) is 3.44. The fourth-order valence-corrected chi connectivity index (χ4v) is 2.90. The van der Waals surface area contributed by atoms with Crippen LogP contribution < -0.4 is 5.32 Å². The highest BCUT2D eigenvalue weighted by atomic mass is 127. The standard InChI is InChI=1S/C19H40N4O.HI/c1-6-20-19(21-12-7-8-13-22(4)17(2)3)23(5)14-9-18-10-15-24-16-11-18;/h17-18H,6-16H2,1-5H3,(H,20,21);1H. The molecule has 1 aliphatic heterocycles. The lowest BCUT2D eigenvalue weighted by Crippen LogP contribution is -2.40. The molecular formula is C19H41IN4O. The van der Waals surface area contributed by atoms with E-state index in [0.717, 1.165) is 57.7 Å². The second-order valence-corrected chi connectivity index (χ2v) is 7.28. The van der Waals surface area contributed by atoms with Crippen molar-refractivity contribution < 1.29 is 4.74 Å². The summed E-state index contributed by atoms with van der Waals surface area (Å²) in [6.07, 6.45) is 6.03. The summed E-state index contributed by atoms with van der Waals surface area (Å²) in [5.74, 6) is 1.87. The molecule has 1 N–H and O–H groups in total. The van der Waals surface area contributed by atoms with Crippen LogP contribution in [0.3, 0.4) is 0 Å². The zero-order chi connectivity index (χ0) is 17.8. The van der Waals surface area contributed by atoms with Gasteiger partial charge < -0.3 is 19.9 Å². The fraction of sp³-hybridized carbons (Fsp3) is 0.947. The molecule has 0 atom stereocenters. The lowest BCUT2D eigenvalue weighted by molar-refractivity contribution is 0.0625. The third-order valence-electron chi connectivity index (χ3n) is 4.97. The number of rotatable bonds is 10. The van der Waals surface area contributed by atoms with Crippen molar-refractivity contribution in [1.29, 1.82) is 0 Å². The van der Waals surface area contributed by atoms with Crippen molar-refractivity contribution in [3.8, 4) is 0 Å². The first-order chi connectivity index (χ1) is 11.5. The van der Waals surface area contributed by atoms with Gasteiger partial charge in [-0.3, -0.25) is 4.99 Å². The fourth-order valence-electron chi connectivity index (χ4n) is 2.90. The number of halogens is 1. The van der Waals surface area contributed by atoms with Crippen molar-refractivity contribution in [2.45, 2.75) is 58.9 Å². The van der Waals surface area contributed by atoms with Gasteiger partial charge in [-0.2, -0.15) is 0 Å². The van der Waals surface area contributed by atoms with E-state index in [4.69, 9.17) is 9.73 Å². The van der Waals surface area contributed by atoms with Crippen molar-refractivity contribution >= 4 is 29.9 Å². The Morgan fingerprint density at radius 2 is 1.84 bits per heavy atom. The van der Waals surface area contributed by atoms with Crippen molar-refractivity contribution in [3.63, 3.8) is 0 Å². The monoisotopic (exact) mass is 468 g/mol. The molecule has 0 aromatic heterocycles. The Labute approximate surface area is 173 Å². The van der Waals surface area contributed by atoms with Gasteiger partial charge in [0, 0.05) is 45.9 Å². The highest BCUT2D eigenvalue weighted by Gasteiger charge is 2.15. The summed E-state index contributed by atoms with van der Waals surface area (Å²) < 4.78 is 5.45. The minimum Gasteiger partial charge on any atom is -0.381 e. The molecule has 0 radical (unpaired) electrons. The number of guanidine groups is 1. The molecule has 1 heterocycles. The van der Waals surface area contributed by atoms with Crippen LogP contribution in [-0.4, -0.2) is 75.3 Å². The van der Waals surface area contributed by atoms with Gasteiger partial charge in [0.15, 0.2) is 5.96 Å². The van der Waals surface area contributed by atoms with E-state index in [0.29, 0.717) is 6.04 Å². The van der Waals surface area contributed by atoms with E-state index in [-0.39, 0.29) is 24.0 Å². The largest absolute Gasteiger partial charge is 0.381 e. The summed E-state index contributed by atoms with van der Waals surface area (Å²) in [5, 5.41) is 3.43. The first-order valence-corrected chi connectivity index (χ1v) is 9.82. The molecule has 0 amide bonds. The molecule has 1 aliphatic rings. The quantitative estimate of drug-likeness (QED) is 0.231. The van der Waals surface area contributed by atoms with Gasteiger partial charge in [-0.1, -0.05) is 0 Å². The Kier molecular flexibility index (Phi) is 15.0. The van der Waals surface area contributed by atoms with Crippen molar-refractivity contribution in [1.82, 2.24) is 15.1 Å². The molecule has 6 heteroatoms. The van der Waals surface area contributed by atoms with Gasteiger partial charge in [0.2, 0.25) is 0 Å². The average Bonchev–Trinajstić information content (AvgIpc) is 2.59. The van der Waals surface area contributed by atoms with Gasteiger partial charge in [0.25, 0.3) is 0 Å². The molecular weight excluding hydrogens is 427 g/mol. The Hall–Kier alpha value is -0.0800. The topological polar surface area (TPSA) is 40.1 Å². The van der Waals surface area contributed by atoms with E-state index in [1.165, 1.54) is 25.7 Å². The van der Waals surface area contributed by atoms with Crippen LogP contribution in [0.25, 0.3) is 0 Å². The predicted molar refractivity (Wildman–Crippen MR) is 119 cm³/mol. The highest BCUT2D eigenvalue weighted by molar-refractivity contribution is 14.0. The number of nitrogens with zero attached hydrogens (tertiary/aromatic N) is 3. The first kappa shape index (κ1) is 24.9. The third kappa shape index (κ3) is 11.3. The average molecular weight is 468 g/mol. The maximum atomic E-state index is 5.45. The molecule has 150 valence electrons. The number of nitrogens with one attached hydrogen (secondary N) is 1. The number of hydrogen-bond acceptors (Lipinski definition) is 3. The van der Waals surface area contributed by atoms with E-state index >= 15 is 0 Å². The number of unbranched alkanes of at least 4 members (excludes halogenated alkanes) is 1. The van der Waals surface area contributed by atoms with Crippen LogP contribution in [0.2, 0.25) is 0 Å². The maximum absolute atomic E-state index is 5.45. The molecule has 1 saturated heterocycles. The highest BCUT2D eigenvalue weighted by Crippen LogP contribution is 2.18. The summed E-state index contributed by atoms with van der Waals surface area (Å²) in [5.41, 5.74) is 0. The van der Waals surface area contributed by atoms with E-state index in [1.54, 1.807) is 0 Å². The second kappa shape index (κ2) is 15.0. The molecule has 0 unspecified atom stereocenters. The van der Waals surface area contributed by atoms with E-state index in [2.05, 4.69) is 50.0 Å². The Balaban J connectivity index is 0.00000576. The van der Waals surface area contributed by atoms with Gasteiger partial charge in [-0.25, -0.2) is 0 Å². The van der Waals surface area contributed by atoms with E-state index < -0.39 is 0 Å². The summed E-state index contributed by atoms with van der Waals surface area (Å²) in [7, 11) is 4.36. The van der Waals surface area contributed by atoms with Gasteiger partial charge in [0.1, 0.15) is 0 Å². The third-order valence-corrected chi connectivity index (χ3v) is 4.97. The minimum atomic E-state index is 0. The van der Waals surface area contributed by atoms with Crippen LogP contribution in [0, 0.1) is 5.92 Å². The van der Waals surface area contributed by atoms with Gasteiger partial charge in [-0.15, -0.1) is 24.0 Å². The van der Waals surface area contributed by atoms with Crippen LogP contribution in [0.1, 0.15) is 52.9 Å². The lowest BCUT2D eigenvalue weighted by atomic mass is 9.96. The number of ether oxygens (including phenoxy) is 1. The molecule has 1 rings (SSSR count). The summed E-state index contributed by atoms with van der Waals surface area (Å²) >= 11 is 0. The van der Waals surface area contributed by atoms with Crippen LogP contribution in [0.5, 0.6) is 0 Å². The summed E-state index contributed by atoms with van der Waals surface area (Å²) in [6.45, 7) is 12.6. The molecule has 5 nitrogen and oxygen atoms in total. The number of aliphatic imine (C=N–C) groups is 1. The Morgan fingerprint density at radius 1 is 1.16 bits per heavy atom. The molecule has 0 aromatic rings.